The first kappa shape index (κ1) is 16.9. The highest BCUT2D eigenvalue weighted by Gasteiger charge is 2.12. The SMILES string of the molecule is CC(C)Oc1ccccc1CC(=O)Nc1cnn(CC(F)F)c1. The molecule has 1 N–H and O–H groups in total. The van der Waals surface area contributed by atoms with E-state index in [1.165, 1.54) is 12.4 Å². The number of rotatable bonds is 7. The second kappa shape index (κ2) is 7.71. The van der Waals surface area contributed by atoms with Crippen LogP contribution in [0.3, 0.4) is 0 Å². The molecule has 23 heavy (non-hydrogen) atoms. The third-order valence-electron chi connectivity index (χ3n) is 2.93. The van der Waals surface area contributed by atoms with Crippen LogP contribution < -0.4 is 10.1 Å². The van der Waals surface area contributed by atoms with Crippen LogP contribution in [0.1, 0.15) is 19.4 Å². The molecular weight excluding hydrogens is 304 g/mol. The number of ether oxygens (including phenoxy) is 1. The van der Waals surface area contributed by atoms with Crippen molar-refractivity contribution in [2.75, 3.05) is 5.32 Å². The highest BCUT2D eigenvalue weighted by Crippen LogP contribution is 2.20. The Bertz CT molecular complexity index is 656. The number of alkyl halides is 2. The van der Waals surface area contributed by atoms with Gasteiger partial charge >= 0.3 is 0 Å². The molecule has 0 atom stereocenters. The predicted molar refractivity (Wildman–Crippen MR) is 82.8 cm³/mol. The Labute approximate surface area is 133 Å². The predicted octanol–water partition coefficient (Wildman–Crippen LogP) is 3.12. The van der Waals surface area contributed by atoms with Crippen LogP contribution in [0.2, 0.25) is 0 Å². The van der Waals surface area contributed by atoms with Gasteiger partial charge in [0.25, 0.3) is 6.43 Å². The monoisotopic (exact) mass is 323 g/mol. The molecule has 2 rings (SSSR count). The zero-order chi connectivity index (χ0) is 16.8. The maximum atomic E-state index is 12.3. The van der Waals surface area contributed by atoms with E-state index in [0.717, 1.165) is 10.2 Å². The minimum atomic E-state index is -2.49. The van der Waals surface area contributed by atoms with Gasteiger partial charge in [0.1, 0.15) is 12.3 Å². The Morgan fingerprint density at radius 3 is 2.78 bits per heavy atom. The number of aromatic nitrogens is 2. The average Bonchev–Trinajstić information content (AvgIpc) is 2.86. The topological polar surface area (TPSA) is 56.1 Å². The normalized spacial score (nSPS) is 11.0. The van der Waals surface area contributed by atoms with Crippen LogP contribution in [0, 0.1) is 0 Å². The molecule has 7 heteroatoms. The summed E-state index contributed by atoms with van der Waals surface area (Å²) in [5, 5.41) is 6.41. The average molecular weight is 323 g/mol. The van der Waals surface area contributed by atoms with Gasteiger partial charge in [-0.3, -0.25) is 9.48 Å². The minimum absolute atomic E-state index is 0.00629. The van der Waals surface area contributed by atoms with Crippen molar-refractivity contribution in [2.45, 2.75) is 39.3 Å². The second-order valence-electron chi connectivity index (χ2n) is 5.34. The van der Waals surface area contributed by atoms with Crippen molar-refractivity contribution in [1.82, 2.24) is 9.78 Å². The van der Waals surface area contributed by atoms with Gasteiger partial charge < -0.3 is 10.1 Å². The van der Waals surface area contributed by atoms with E-state index < -0.39 is 13.0 Å². The van der Waals surface area contributed by atoms with Gasteiger partial charge in [0, 0.05) is 11.8 Å². The number of anilines is 1. The second-order valence-corrected chi connectivity index (χ2v) is 5.34. The summed E-state index contributed by atoms with van der Waals surface area (Å²) in [6, 6.07) is 7.30. The first-order valence-corrected chi connectivity index (χ1v) is 7.29. The number of halogens is 2. The van der Waals surface area contributed by atoms with Crippen molar-refractivity contribution in [1.29, 1.82) is 0 Å². The lowest BCUT2D eigenvalue weighted by Gasteiger charge is -2.13. The Balaban J connectivity index is 1.98. The Morgan fingerprint density at radius 2 is 2.09 bits per heavy atom. The van der Waals surface area contributed by atoms with Gasteiger partial charge in [0.15, 0.2) is 0 Å². The van der Waals surface area contributed by atoms with E-state index >= 15 is 0 Å². The number of para-hydroxylation sites is 1. The van der Waals surface area contributed by atoms with Crippen LogP contribution in [-0.4, -0.2) is 28.2 Å². The molecule has 1 heterocycles. The lowest BCUT2D eigenvalue weighted by molar-refractivity contribution is -0.115. The molecule has 0 saturated heterocycles. The maximum absolute atomic E-state index is 12.3. The minimum Gasteiger partial charge on any atom is -0.491 e. The summed E-state index contributed by atoms with van der Waals surface area (Å²) in [6.07, 6.45) is 0.366. The molecule has 0 radical (unpaired) electrons. The number of nitrogens with zero attached hydrogens (tertiary/aromatic N) is 2. The molecule has 0 spiro atoms. The molecule has 1 aromatic carbocycles. The number of amides is 1. The summed E-state index contributed by atoms with van der Waals surface area (Å²) in [4.78, 5) is 12.1. The molecule has 124 valence electrons. The lowest BCUT2D eigenvalue weighted by atomic mass is 10.1. The third kappa shape index (κ3) is 5.36. The molecule has 0 aliphatic rings. The number of carbonyl (C=O) groups is 1. The molecule has 0 aliphatic carbocycles. The van der Waals surface area contributed by atoms with Gasteiger partial charge in [-0.05, 0) is 19.9 Å². The first-order chi connectivity index (χ1) is 10.9. The van der Waals surface area contributed by atoms with Gasteiger partial charge in [-0.25, -0.2) is 8.78 Å². The summed E-state index contributed by atoms with van der Waals surface area (Å²) in [7, 11) is 0. The number of benzene rings is 1. The van der Waals surface area contributed by atoms with Crippen molar-refractivity contribution in [3.05, 3.63) is 42.2 Å². The Morgan fingerprint density at radius 1 is 1.35 bits per heavy atom. The van der Waals surface area contributed by atoms with Crippen LogP contribution in [0.25, 0.3) is 0 Å². The fraction of sp³-hybridized carbons (Fsp3) is 0.375. The molecule has 0 saturated carbocycles. The van der Waals surface area contributed by atoms with E-state index in [9.17, 15) is 13.6 Å². The van der Waals surface area contributed by atoms with Gasteiger partial charge in [-0.2, -0.15) is 5.10 Å². The summed E-state index contributed by atoms with van der Waals surface area (Å²) >= 11 is 0. The Hall–Kier alpha value is -2.44. The van der Waals surface area contributed by atoms with E-state index in [1.54, 1.807) is 0 Å². The van der Waals surface area contributed by atoms with E-state index in [-0.39, 0.29) is 18.4 Å². The van der Waals surface area contributed by atoms with Gasteiger partial charge in [0.05, 0.1) is 24.4 Å². The van der Waals surface area contributed by atoms with Gasteiger partial charge in [-0.1, -0.05) is 18.2 Å². The highest BCUT2D eigenvalue weighted by atomic mass is 19.3. The van der Waals surface area contributed by atoms with Crippen LogP contribution >= 0.6 is 0 Å². The van der Waals surface area contributed by atoms with Crippen LogP contribution in [0.15, 0.2) is 36.7 Å². The third-order valence-corrected chi connectivity index (χ3v) is 2.93. The van der Waals surface area contributed by atoms with Crippen LogP contribution in [-0.2, 0) is 17.8 Å². The highest BCUT2D eigenvalue weighted by molar-refractivity contribution is 5.92. The van der Waals surface area contributed by atoms with E-state index in [1.807, 2.05) is 38.1 Å². The molecule has 0 fully saturated rings. The maximum Gasteiger partial charge on any atom is 0.257 e. The zero-order valence-electron chi connectivity index (χ0n) is 13.0. The Kier molecular flexibility index (Phi) is 5.67. The largest absolute Gasteiger partial charge is 0.491 e. The van der Waals surface area contributed by atoms with Crippen molar-refractivity contribution in [3.63, 3.8) is 0 Å². The smallest absolute Gasteiger partial charge is 0.257 e. The summed E-state index contributed by atoms with van der Waals surface area (Å²) in [6.45, 7) is 3.32. The molecule has 0 bridgehead atoms. The van der Waals surface area contributed by atoms with Crippen molar-refractivity contribution in [3.8, 4) is 5.75 Å². The molecule has 0 unspecified atom stereocenters. The standard InChI is InChI=1S/C16H19F2N3O2/c1-11(2)23-14-6-4-3-5-12(14)7-16(22)20-13-8-19-21(9-13)10-15(17)18/h3-6,8-9,11,15H,7,10H2,1-2H3,(H,20,22). The molecule has 1 amide bonds. The van der Waals surface area contributed by atoms with E-state index in [4.69, 9.17) is 4.74 Å². The summed E-state index contributed by atoms with van der Waals surface area (Å²) < 4.78 is 31.3. The van der Waals surface area contributed by atoms with Gasteiger partial charge in [0.2, 0.25) is 5.91 Å². The van der Waals surface area contributed by atoms with E-state index in [2.05, 4.69) is 10.4 Å². The first-order valence-electron chi connectivity index (χ1n) is 7.29. The molecular formula is C16H19F2N3O2. The molecule has 0 aliphatic heterocycles. The summed E-state index contributed by atoms with van der Waals surface area (Å²) in [5.74, 6) is 0.396. The number of nitrogens with one attached hydrogen (secondary N) is 1. The van der Waals surface area contributed by atoms with Gasteiger partial charge in [-0.15, -0.1) is 0 Å². The quantitative estimate of drug-likeness (QED) is 0.852. The van der Waals surface area contributed by atoms with Crippen molar-refractivity contribution < 1.29 is 18.3 Å². The zero-order valence-corrected chi connectivity index (χ0v) is 13.0. The van der Waals surface area contributed by atoms with E-state index in [0.29, 0.717) is 11.4 Å². The fourth-order valence-electron chi connectivity index (χ4n) is 2.07. The van der Waals surface area contributed by atoms with Crippen LogP contribution in [0.5, 0.6) is 5.75 Å². The van der Waals surface area contributed by atoms with Crippen molar-refractivity contribution in [2.24, 2.45) is 0 Å². The lowest BCUT2D eigenvalue weighted by Crippen LogP contribution is -2.16. The van der Waals surface area contributed by atoms with Crippen LogP contribution in [0.4, 0.5) is 14.5 Å². The molecule has 2 aromatic rings. The number of hydrogen-bond acceptors (Lipinski definition) is 3. The summed E-state index contributed by atoms with van der Waals surface area (Å²) in [5.41, 5.74) is 1.15. The number of hydrogen-bond donors (Lipinski definition) is 1. The fourth-order valence-corrected chi connectivity index (χ4v) is 2.07. The molecule has 5 nitrogen and oxygen atoms in total. The molecule has 1 aromatic heterocycles. The number of carbonyl (C=O) groups excluding carboxylic acids is 1. The van der Waals surface area contributed by atoms with Crippen molar-refractivity contribution >= 4 is 11.6 Å².